The quantitative estimate of drug-likeness (QED) is 0.728. The van der Waals surface area contributed by atoms with Crippen LogP contribution in [0, 0.1) is 13.8 Å². The van der Waals surface area contributed by atoms with Gasteiger partial charge < -0.3 is 14.6 Å². The fraction of sp³-hybridized carbons (Fsp3) is 0.364. The van der Waals surface area contributed by atoms with Gasteiger partial charge in [-0.1, -0.05) is 11.6 Å². The first kappa shape index (κ1) is 20.4. The first-order valence-corrected chi connectivity index (χ1v) is 9.40. The number of nitrogens with zero attached hydrogens (tertiary/aromatic N) is 1. The zero-order valence-electron chi connectivity index (χ0n) is 16.9. The second kappa shape index (κ2) is 6.90. The molecule has 0 saturated heterocycles. The molecule has 1 aromatic carbocycles. The van der Waals surface area contributed by atoms with Gasteiger partial charge in [0.15, 0.2) is 5.78 Å². The van der Waals surface area contributed by atoms with Crippen LogP contribution in [0.4, 0.5) is 0 Å². The first-order chi connectivity index (χ1) is 12.9. The predicted octanol–water partition coefficient (Wildman–Crippen LogP) is 5.57. The van der Waals surface area contributed by atoms with Crippen molar-refractivity contribution in [2.45, 2.75) is 52.7 Å². The van der Waals surface area contributed by atoms with Crippen molar-refractivity contribution in [3.8, 4) is 11.6 Å². The number of hydrogen-bond donors (Lipinski definition) is 1. The molecule has 1 aliphatic rings. The highest BCUT2D eigenvalue weighted by Gasteiger charge is 2.47. The SMILES string of the molecule is Cc1cc(Oc2ncccc2Cl)cc(C)c1C1=C(O)C(C)(C)OC(C)(C)C1=O. The minimum atomic E-state index is -1.04. The molecular formula is C22H24ClNO4. The molecule has 0 amide bonds. The van der Waals surface area contributed by atoms with Gasteiger partial charge in [-0.3, -0.25) is 4.79 Å². The molecule has 6 heteroatoms. The summed E-state index contributed by atoms with van der Waals surface area (Å²) in [5, 5.41) is 11.2. The second-order valence-electron chi connectivity index (χ2n) is 8.00. The number of benzene rings is 1. The lowest BCUT2D eigenvalue weighted by atomic mass is 9.80. The number of aliphatic hydroxyl groups is 1. The Balaban J connectivity index is 2.11. The summed E-state index contributed by atoms with van der Waals surface area (Å²) in [4.78, 5) is 17.2. The number of rotatable bonds is 3. The Labute approximate surface area is 170 Å². The molecule has 2 heterocycles. The van der Waals surface area contributed by atoms with E-state index in [9.17, 15) is 9.90 Å². The van der Waals surface area contributed by atoms with E-state index in [1.807, 2.05) is 13.8 Å². The summed E-state index contributed by atoms with van der Waals surface area (Å²) in [6, 6.07) is 7.03. The summed E-state index contributed by atoms with van der Waals surface area (Å²) < 4.78 is 11.6. The Hall–Kier alpha value is -2.37. The van der Waals surface area contributed by atoms with E-state index in [1.165, 1.54) is 0 Å². The molecule has 0 fully saturated rings. The van der Waals surface area contributed by atoms with E-state index in [-0.39, 0.29) is 11.5 Å². The van der Waals surface area contributed by atoms with Crippen molar-refractivity contribution >= 4 is 23.0 Å². The minimum Gasteiger partial charge on any atom is -0.508 e. The highest BCUT2D eigenvalue weighted by Crippen LogP contribution is 2.42. The molecule has 0 atom stereocenters. The molecule has 2 aromatic rings. The smallest absolute Gasteiger partial charge is 0.238 e. The van der Waals surface area contributed by atoms with Gasteiger partial charge in [-0.25, -0.2) is 4.98 Å². The maximum absolute atomic E-state index is 13.1. The standard InChI is InChI=1S/C22H24ClNO4/c1-12-10-14(27-20-15(23)8-7-9-24-20)11-13(2)16(12)17-18(25)21(3,4)28-22(5,6)19(17)26/h7-11,25H,1-6H3. The summed E-state index contributed by atoms with van der Waals surface area (Å²) in [6.07, 6.45) is 1.60. The molecule has 1 N–H and O–H groups in total. The Morgan fingerprint density at radius 2 is 1.71 bits per heavy atom. The third-order valence-electron chi connectivity index (χ3n) is 4.79. The van der Waals surface area contributed by atoms with Crippen LogP contribution in [0.2, 0.25) is 5.02 Å². The van der Waals surface area contributed by atoms with Crippen molar-refractivity contribution in [1.29, 1.82) is 0 Å². The molecule has 0 unspecified atom stereocenters. The number of pyridine rings is 1. The molecule has 0 radical (unpaired) electrons. The van der Waals surface area contributed by atoms with Gasteiger partial charge in [-0.2, -0.15) is 0 Å². The molecule has 28 heavy (non-hydrogen) atoms. The van der Waals surface area contributed by atoms with Gasteiger partial charge in [-0.15, -0.1) is 0 Å². The van der Waals surface area contributed by atoms with Gasteiger partial charge in [0.1, 0.15) is 27.7 Å². The van der Waals surface area contributed by atoms with Crippen LogP contribution in [0.15, 0.2) is 36.2 Å². The van der Waals surface area contributed by atoms with Crippen LogP contribution < -0.4 is 4.74 Å². The number of Topliss-reactive ketones (excluding diaryl/α,β-unsaturated/α-hetero) is 1. The number of aryl methyl sites for hydroxylation is 2. The van der Waals surface area contributed by atoms with Crippen molar-refractivity contribution < 1.29 is 19.4 Å². The normalized spacial score (nSPS) is 18.3. The number of halogens is 1. The van der Waals surface area contributed by atoms with E-state index in [2.05, 4.69) is 4.98 Å². The molecule has 1 aliphatic heterocycles. The second-order valence-corrected chi connectivity index (χ2v) is 8.41. The number of aliphatic hydroxyl groups excluding tert-OH is 1. The molecular weight excluding hydrogens is 378 g/mol. The lowest BCUT2D eigenvalue weighted by Gasteiger charge is -2.41. The van der Waals surface area contributed by atoms with E-state index >= 15 is 0 Å². The van der Waals surface area contributed by atoms with Gasteiger partial charge in [-0.05, 0) is 82.5 Å². The Morgan fingerprint density at radius 3 is 2.29 bits per heavy atom. The fourth-order valence-corrected chi connectivity index (χ4v) is 3.77. The molecule has 0 saturated carbocycles. The monoisotopic (exact) mass is 401 g/mol. The number of hydrogen-bond acceptors (Lipinski definition) is 5. The molecule has 3 rings (SSSR count). The zero-order chi connectivity index (χ0) is 20.9. The summed E-state index contributed by atoms with van der Waals surface area (Å²) in [6.45, 7) is 10.7. The lowest BCUT2D eigenvalue weighted by Crippen LogP contribution is -2.49. The van der Waals surface area contributed by atoms with Crippen LogP contribution in [0.5, 0.6) is 11.6 Å². The van der Waals surface area contributed by atoms with Crippen molar-refractivity contribution in [3.63, 3.8) is 0 Å². The number of ketones is 1. The number of ether oxygens (including phenoxy) is 2. The molecule has 1 aromatic heterocycles. The predicted molar refractivity (Wildman–Crippen MR) is 109 cm³/mol. The molecule has 0 bridgehead atoms. The first-order valence-electron chi connectivity index (χ1n) is 9.03. The maximum atomic E-state index is 13.1. The number of carbonyl (C=O) groups excluding carboxylic acids is 1. The van der Waals surface area contributed by atoms with Gasteiger partial charge in [0.05, 0.1) is 5.57 Å². The van der Waals surface area contributed by atoms with Crippen LogP contribution in [-0.4, -0.2) is 27.1 Å². The molecule has 148 valence electrons. The minimum absolute atomic E-state index is 0.0653. The van der Waals surface area contributed by atoms with Crippen molar-refractivity contribution in [2.75, 3.05) is 0 Å². The van der Waals surface area contributed by atoms with Crippen molar-refractivity contribution in [3.05, 3.63) is 57.9 Å². The molecule has 0 spiro atoms. The van der Waals surface area contributed by atoms with Crippen molar-refractivity contribution in [1.82, 2.24) is 4.98 Å². The largest absolute Gasteiger partial charge is 0.508 e. The van der Waals surface area contributed by atoms with Gasteiger partial charge in [0.25, 0.3) is 0 Å². The van der Waals surface area contributed by atoms with Crippen LogP contribution in [0.3, 0.4) is 0 Å². The fourth-order valence-electron chi connectivity index (χ4n) is 3.61. The number of carbonyl (C=O) groups is 1. The number of aromatic nitrogens is 1. The molecule has 5 nitrogen and oxygen atoms in total. The van der Waals surface area contributed by atoms with Gasteiger partial charge in [0, 0.05) is 6.20 Å². The van der Waals surface area contributed by atoms with E-state index in [1.54, 1.807) is 58.2 Å². The summed E-state index contributed by atoms with van der Waals surface area (Å²) in [5.41, 5.74) is 0.559. The average molecular weight is 402 g/mol. The lowest BCUT2D eigenvalue weighted by molar-refractivity contribution is -0.158. The Kier molecular flexibility index (Phi) is 5.02. The van der Waals surface area contributed by atoms with E-state index in [0.717, 1.165) is 11.1 Å². The van der Waals surface area contributed by atoms with E-state index in [4.69, 9.17) is 21.1 Å². The average Bonchev–Trinajstić information content (AvgIpc) is 2.57. The highest BCUT2D eigenvalue weighted by molar-refractivity contribution is 6.31. The van der Waals surface area contributed by atoms with E-state index < -0.39 is 11.2 Å². The third kappa shape index (κ3) is 3.52. The Bertz CT molecular complexity index is 969. The molecule has 0 aliphatic carbocycles. The Morgan fingerprint density at radius 1 is 1.11 bits per heavy atom. The van der Waals surface area contributed by atoms with Crippen LogP contribution in [-0.2, 0) is 9.53 Å². The third-order valence-corrected chi connectivity index (χ3v) is 5.07. The summed E-state index contributed by atoms with van der Waals surface area (Å²) >= 11 is 6.12. The summed E-state index contributed by atoms with van der Waals surface area (Å²) in [7, 11) is 0. The van der Waals surface area contributed by atoms with Crippen LogP contribution >= 0.6 is 11.6 Å². The van der Waals surface area contributed by atoms with Gasteiger partial charge >= 0.3 is 0 Å². The summed E-state index contributed by atoms with van der Waals surface area (Å²) in [5.74, 6) is 0.543. The maximum Gasteiger partial charge on any atom is 0.238 e. The topological polar surface area (TPSA) is 68.7 Å². The van der Waals surface area contributed by atoms with E-state index in [0.29, 0.717) is 27.8 Å². The van der Waals surface area contributed by atoms with Crippen LogP contribution in [0.1, 0.15) is 44.4 Å². The van der Waals surface area contributed by atoms with Gasteiger partial charge in [0.2, 0.25) is 5.88 Å². The van der Waals surface area contributed by atoms with Crippen molar-refractivity contribution in [2.24, 2.45) is 0 Å². The zero-order valence-corrected chi connectivity index (χ0v) is 17.6. The van der Waals surface area contributed by atoms with Crippen LogP contribution in [0.25, 0.3) is 5.57 Å². The highest BCUT2D eigenvalue weighted by atomic mass is 35.5.